The Hall–Kier alpha value is -2.18. The molecule has 0 bridgehead atoms. The molecule has 1 aliphatic rings. The number of carbonyl (C=O) groups is 1. The number of benzene rings is 1. The zero-order valence-corrected chi connectivity index (χ0v) is 14.6. The predicted octanol–water partition coefficient (Wildman–Crippen LogP) is -0.488. The van der Waals surface area contributed by atoms with Gasteiger partial charge in [0.2, 0.25) is 0 Å². The lowest BCUT2D eigenvalue weighted by Crippen LogP contribution is -3.00. The van der Waals surface area contributed by atoms with Crippen LogP contribution in [0.5, 0.6) is 0 Å². The van der Waals surface area contributed by atoms with Crippen LogP contribution in [0.4, 0.5) is 14.9 Å². The smallest absolute Gasteiger partial charge is 0.414 e. The summed E-state index contributed by atoms with van der Waals surface area (Å²) < 4.78 is 21.5. The first-order valence-corrected chi connectivity index (χ1v) is 8.00. The first kappa shape index (κ1) is 19.1. The third kappa shape index (κ3) is 4.08. The summed E-state index contributed by atoms with van der Waals surface area (Å²) in [5, 5.41) is 9.08. The Kier molecular flexibility index (Phi) is 6.33. The van der Waals surface area contributed by atoms with E-state index < -0.39 is 18.0 Å². The molecule has 0 saturated carbocycles. The number of aromatic nitrogens is 1. The number of anilines is 1. The summed E-state index contributed by atoms with van der Waals surface area (Å²) >= 11 is 0. The van der Waals surface area contributed by atoms with Crippen molar-refractivity contribution in [2.45, 2.75) is 26.0 Å². The zero-order valence-electron chi connectivity index (χ0n) is 13.9. The third-order valence-corrected chi connectivity index (χ3v) is 4.03. The van der Waals surface area contributed by atoms with E-state index >= 15 is 0 Å². The van der Waals surface area contributed by atoms with Gasteiger partial charge in [-0.2, -0.15) is 0 Å². The molecule has 2 aromatic rings. The van der Waals surface area contributed by atoms with Crippen LogP contribution in [0, 0.1) is 5.82 Å². The number of carbonyl (C=O) groups excluding carboxylic acids is 1. The van der Waals surface area contributed by atoms with Gasteiger partial charge >= 0.3 is 6.09 Å². The van der Waals surface area contributed by atoms with Gasteiger partial charge in [-0.3, -0.25) is 4.90 Å². The Bertz CT molecular complexity index is 740. The summed E-state index contributed by atoms with van der Waals surface area (Å²) in [6.45, 7) is 3.00. The van der Waals surface area contributed by atoms with Crippen molar-refractivity contribution in [3.63, 3.8) is 0 Å². The molecule has 0 aliphatic carbocycles. The maximum absolute atomic E-state index is 14.5. The number of hydrogen-bond acceptors (Lipinski definition) is 3. The molecule has 1 fully saturated rings. The highest BCUT2D eigenvalue weighted by Crippen LogP contribution is 2.28. The van der Waals surface area contributed by atoms with Gasteiger partial charge in [0.1, 0.15) is 18.5 Å². The van der Waals surface area contributed by atoms with Gasteiger partial charge in [0.05, 0.1) is 18.8 Å². The second kappa shape index (κ2) is 8.27. The number of hydrogen-bond donors (Lipinski definition) is 1. The molecule has 1 amide bonds. The lowest BCUT2D eigenvalue weighted by molar-refractivity contribution is -0.696. The molecule has 134 valence electrons. The van der Waals surface area contributed by atoms with Crippen molar-refractivity contribution in [1.82, 2.24) is 0 Å². The Balaban J connectivity index is 0.00000225. The number of pyridine rings is 1. The van der Waals surface area contributed by atoms with Gasteiger partial charge < -0.3 is 22.3 Å². The minimum atomic E-state index is -0.568. The van der Waals surface area contributed by atoms with Crippen molar-refractivity contribution >= 4 is 11.8 Å². The SMILES string of the molecule is CCC[n+]1ccc(-c2ccc(N3C[C@H](CO)OC3=O)cc2F)cc1.[Cl-]. The monoisotopic (exact) mass is 366 g/mol. The molecule has 1 saturated heterocycles. The van der Waals surface area contributed by atoms with Crippen molar-refractivity contribution in [2.75, 3.05) is 18.1 Å². The van der Waals surface area contributed by atoms with Gasteiger partial charge in [-0.15, -0.1) is 0 Å². The molecule has 25 heavy (non-hydrogen) atoms. The second-order valence-electron chi connectivity index (χ2n) is 5.79. The van der Waals surface area contributed by atoms with Crippen LogP contribution in [0.25, 0.3) is 11.1 Å². The number of aliphatic hydroxyl groups is 1. The molecule has 3 rings (SSSR count). The molecular weight excluding hydrogens is 347 g/mol. The number of halogens is 2. The van der Waals surface area contributed by atoms with E-state index in [-0.39, 0.29) is 25.6 Å². The van der Waals surface area contributed by atoms with Crippen LogP contribution in [0.1, 0.15) is 13.3 Å². The quantitative estimate of drug-likeness (QED) is 0.727. The summed E-state index contributed by atoms with van der Waals surface area (Å²) in [5.41, 5.74) is 1.69. The van der Waals surface area contributed by atoms with E-state index in [1.807, 2.05) is 29.1 Å². The Labute approximate surface area is 152 Å². The lowest BCUT2D eigenvalue weighted by atomic mass is 10.1. The fourth-order valence-corrected chi connectivity index (χ4v) is 2.78. The number of rotatable bonds is 5. The van der Waals surface area contributed by atoms with Crippen molar-refractivity contribution in [1.29, 1.82) is 0 Å². The van der Waals surface area contributed by atoms with Crippen LogP contribution in [0.2, 0.25) is 0 Å². The summed E-state index contributed by atoms with van der Waals surface area (Å²) in [7, 11) is 0. The van der Waals surface area contributed by atoms with Crippen molar-refractivity contribution in [3.8, 4) is 11.1 Å². The first-order chi connectivity index (χ1) is 11.6. The molecule has 0 radical (unpaired) electrons. The van der Waals surface area contributed by atoms with Gasteiger partial charge in [-0.25, -0.2) is 13.8 Å². The van der Waals surface area contributed by atoms with Gasteiger partial charge in [-0.05, 0) is 23.8 Å². The van der Waals surface area contributed by atoms with Crippen molar-refractivity contribution < 1.29 is 36.0 Å². The minimum Gasteiger partial charge on any atom is -1.00 e. The van der Waals surface area contributed by atoms with Gasteiger partial charge in [0.15, 0.2) is 12.4 Å². The molecule has 1 aromatic carbocycles. The fourth-order valence-electron chi connectivity index (χ4n) is 2.78. The molecule has 2 heterocycles. The van der Waals surface area contributed by atoms with Crippen LogP contribution in [0.15, 0.2) is 42.7 Å². The molecule has 0 unspecified atom stereocenters. The molecular formula is C18H20ClFN2O3. The summed E-state index contributed by atoms with van der Waals surface area (Å²) in [6.07, 6.45) is 3.75. The first-order valence-electron chi connectivity index (χ1n) is 8.00. The molecule has 1 aliphatic heterocycles. The van der Waals surface area contributed by atoms with Crippen LogP contribution in [0.3, 0.4) is 0 Å². The van der Waals surface area contributed by atoms with Crippen LogP contribution in [-0.2, 0) is 11.3 Å². The summed E-state index contributed by atoms with van der Waals surface area (Å²) in [6, 6.07) is 8.42. The number of amides is 1. The lowest BCUT2D eigenvalue weighted by Gasteiger charge is -2.14. The third-order valence-electron chi connectivity index (χ3n) is 4.03. The largest absolute Gasteiger partial charge is 1.00 e. The number of cyclic esters (lactones) is 1. The van der Waals surface area contributed by atoms with Crippen LogP contribution >= 0.6 is 0 Å². The molecule has 7 heteroatoms. The van der Waals surface area contributed by atoms with E-state index in [4.69, 9.17) is 9.84 Å². The Morgan fingerprint density at radius 1 is 1.32 bits per heavy atom. The molecule has 0 spiro atoms. The number of aliphatic hydroxyl groups excluding tert-OH is 1. The molecule has 1 N–H and O–H groups in total. The Morgan fingerprint density at radius 3 is 2.60 bits per heavy atom. The average molecular weight is 367 g/mol. The normalized spacial score (nSPS) is 16.5. The topological polar surface area (TPSA) is 53.6 Å². The summed E-state index contributed by atoms with van der Waals surface area (Å²) in [4.78, 5) is 13.1. The van der Waals surface area contributed by atoms with E-state index in [1.165, 1.54) is 11.0 Å². The van der Waals surface area contributed by atoms with Gasteiger partial charge in [-0.1, -0.05) is 6.92 Å². The molecule has 5 nitrogen and oxygen atoms in total. The number of aryl methyl sites for hydroxylation is 1. The van der Waals surface area contributed by atoms with Gasteiger partial charge in [0, 0.05) is 24.1 Å². The highest BCUT2D eigenvalue weighted by atomic mass is 35.5. The van der Waals surface area contributed by atoms with Crippen molar-refractivity contribution in [2.24, 2.45) is 0 Å². The molecule has 1 atom stereocenters. The van der Waals surface area contributed by atoms with Gasteiger partial charge in [0.25, 0.3) is 0 Å². The predicted molar refractivity (Wildman–Crippen MR) is 87.0 cm³/mol. The number of nitrogens with zero attached hydrogens (tertiary/aromatic N) is 2. The second-order valence-corrected chi connectivity index (χ2v) is 5.79. The summed E-state index contributed by atoms with van der Waals surface area (Å²) in [5.74, 6) is -0.402. The zero-order chi connectivity index (χ0) is 17.1. The minimum absolute atomic E-state index is 0. The highest BCUT2D eigenvalue weighted by molar-refractivity contribution is 5.90. The van der Waals surface area contributed by atoms with Crippen LogP contribution < -0.4 is 21.9 Å². The highest BCUT2D eigenvalue weighted by Gasteiger charge is 2.32. The fraction of sp³-hybridized carbons (Fsp3) is 0.333. The maximum atomic E-state index is 14.5. The average Bonchev–Trinajstić information content (AvgIpc) is 2.97. The van der Waals surface area contributed by atoms with Crippen molar-refractivity contribution in [3.05, 3.63) is 48.5 Å². The molecule has 1 aromatic heterocycles. The van der Waals surface area contributed by atoms with E-state index in [9.17, 15) is 9.18 Å². The van der Waals surface area contributed by atoms with E-state index in [2.05, 4.69) is 6.92 Å². The maximum Gasteiger partial charge on any atom is 0.414 e. The van der Waals surface area contributed by atoms with Crippen LogP contribution in [-0.4, -0.2) is 30.5 Å². The number of ether oxygens (including phenoxy) is 1. The van der Waals surface area contributed by atoms with E-state index in [0.29, 0.717) is 11.3 Å². The van der Waals surface area contributed by atoms with E-state index in [1.54, 1.807) is 12.1 Å². The van der Waals surface area contributed by atoms with E-state index in [0.717, 1.165) is 18.5 Å². The standard InChI is InChI=1S/C18H20FN2O3.ClH/c1-2-7-20-8-5-13(6-9-20)16-4-3-14(10-17(16)19)21-11-15(12-22)24-18(21)23;/h3-6,8-10,15,22H,2,7,11-12H2,1H3;1H/q+1;/p-1/t15-;/m1./s1. The Morgan fingerprint density at radius 2 is 2.04 bits per heavy atom.